The average Bonchev–Trinajstić information content (AvgIpc) is 2.56. The predicted octanol–water partition coefficient (Wildman–Crippen LogP) is 2.86. The molecule has 6 nitrogen and oxygen atoms in total. The van der Waals surface area contributed by atoms with Crippen molar-refractivity contribution >= 4 is 29.2 Å². The Bertz CT molecular complexity index is 575. The number of carboxylic acids is 1. The SMILES string of the molecule is CCC(=O)Nc1ccc(NC(=O)C2CCC(C(=O)O)CC2)cc1. The fourth-order valence-electron chi connectivity index (χ4n) is 2.73. The van der Waals surface area contributed by atoms with Crippen molar-refractivity contribution in [2.45, 2.75) is 39.0 Å². The van der Waals surface area contributed by atoms with Gasteiger partial charge in [-0.3, -0.25) is 14.4 Å². The molecule has 0 spiro atoms. The summed E-state index contributed by atoms with van der Waals surface area (Å²) in [4.78, 5) is 34.4. The van der Waals surface area contributed by atoms with Crippen LogP contribution in [-0.4, -0.2) is 22.9 Å². The molecule has 3 N–H and O–H groups in total. The number of nitrogens with one attached hydrogen (secondary N) is 2. The Morgan fingerprint density at radius 2 is 1.43 bits per heavy atom. The topological polar surface area (TPSA) is 95.5 Å². The Balaban J connectivity index is 1.86. The Labute approximate surface area is 135 Å². The molecule has 0 atom stereocenters. The van der Waals surface area contributed by atoms with Gasteiger partial charge in [0.05, 0.1) is 5.92 Å². The van der Waals surface area contributed by atoms with E-state index in [0.717, 1.165) is 0 Å². The lowest BCUT2D eigenvalue weighted by Crippen LogP contribution is -2.29. The molecule has 2 amide bonds. The first-order valence-corrected chi connectivity index (χ1v) is 7.93. The number of carbonyl (C=O) groups is 3. The molecule has 6 heteroatoms. The second-order valence-electron chi connectivity index (χ2n) is 5.86. The van der Waals surface area contributed by atoms with Crippen LogP contribution in [0.5, 0.6) is 0 Å². The fourth-order valence-corrected chi connectivity index (χ4v) is 2.73. The molecule has 0 radical (unpaired) electrons. The van der Waals surface area contributed by atoms with Gasteiger partial charge in [0.2, 0.25) is 11.8 Å². The maximum absolute atomic E-state index is 12.2. The first-order chi connectivity index (χ1) is 11.0. The number of carboxylic acid groups (broad SMARTS) is 1. The molecular weight excluding hydrogens is 296 g/mol. The molecule has 1 fully saturated rings. The minimum Gasteiger partial charge on any atom is -0.481 e. The Hall–Kier alpha value is -2.37. The standard InChI is InChI=1S/C17H22N2O4/c1-2-15(20)18-13-7-9-14(10-8-13)19-16(21)11-3-5-12(6-4-11)17(22)23/h7-12H,2-6H2,1H3,(H,18,20)(H,19,21)(H,22,23). The van der Waals surface area contributed by atoms with E-state index in [9.17, 15) is 14.4 Å². The van der Waals surface area contributed by atoms with Crippen LogP contribution in [0.25, 0.3) is 0 Å². The van der Waals surface area contributed by atoms with Crippen molar-refractivity contribution in [1.29, 1.82) is 0 Å². The number of hydrogen-bond acceptors (Lipinski definition) is 3. The zero-order valence-corrected chi connectivity index (χ0v) is 13.2. The summed E-state index contributed by atoms with van der Waals surface area (Å²) in [5.74, 6) is -1.35. The molecule has 0 bridgehead atoms. The highest BCUT2D eigenvalue weighted by atomic mass is 16.4. The van der Waals surface area contributed by atoms with Crippen LogP contribution in [0, 0.1) is 11.8 Å². The van der Waals surface area contributed by atoms with Gasteiger partial charge in [0, 0.05) is 23.7 Å². The van der Waals surface area contributed by atoms with Crippen LogP contribution < -0.4 is 10.6 Å². The van der Waals surface area contributed by atoms with Gasteiger partial charge < -0.3 is 15.7 Å². The van der Waals surface area contributed by atoms with Gasteiger partial charge in [-0.15, -0.1) is 0 Å². The number of hydrogen-bond donors (Lipinski definition) is 3. The maximum Gasteiger partial charge on any atom is 0.306 e. The third-order valence-electron chi connectivity index (χ3n) is 4.20. The highest BCUT2D eigenvalue weighted by Gasteiger charge is 2.29. The van der Waals surface area contributed by atoms with E-state index >= 15 is 0 Å². The summed E-state index contributed by atoms with van der Waals surface area (Å²) < 4.78 is 0. The zero-order valence-electron chi connectivity index (χ0n) is 13.2. The van der Waals surface area contributed by atoms with Crippen molar-refractivity contribution < 1.29 is 19.5 Å². The second kappa shape index (κ2) is 7.76. The molecule has 1 aliphatic rings. The Morgan fingerprint density at radius 3 is 1.91 bits per heavy atom. The minimum atomic E-state index is -0.770. The predicted molar refractivity (Wildman–Crippen MR) is 87.1 cm³/mol. The van der Waals surface area contributed by atoms with Gasteiger partial charge in [-0.2, -0.15) is 0 Å². The quantitative estimate of drug-likeness (QED) is 0.778. The van der Waals surface area contributed by atoms with Crippen LogP contribution in [0.3, 0.4) is 0 Å². The molecule has 0 aromatic heterocycles. The van der Waals surface area contributed by atoms with Crippen LogP contribution in [0.1, 0.15) is 39.0 Å². The molecule has 124 valence electrons. The smallest absolute Gasteiger partial charge is 0.306 e. The normalized spacial score (nSPS) is 20.6. The van der Waals surface area contributed by atoms with E-state index in [4.69, 9.17) is 5.11 Å². The molecule has 1 aromatic carbocycles. The maximum atomic E-state index is 12.2. The summed E-state index contributed by atoms with van der Waals surface area (Å²) in [6.45, 7) is 1.78. The number of amides is 2. The van der Waals surface area contributed by atoms with E-state index in [1.165, 1.54) is 0 Å². The van der Waals surface area contributed by atoms with Crippen molar-refractivity contribution in [2.75, 3.05) is 10.6 Å². The summed E-state index contributed by atoms with van der Waals surface area (Å²) in [5, 5.41) is 14.6. The van der Waals surface area contributed by atoms with E-state index in [1.54, 1.807) is 31.2 Å². The minimum absolute atomic E-state index is 0.0584. The molecule has 0 heterocycles. The van der Waals surface area contributed by atoms with E-state index in [-0.39, 0.29) is 23.7 Å². The average molecular weight is 318 g/mol. The third-order valence-corrected chi connectivity index (χ3v) is 4.20. The van der Waals surface area contributed by atoms with Crippen LogP contribution >= 0.6 is 0 Å². The largest absolute Gasteiger partial charge is 0.481 e. The van der Waals surface area contributed by atoms with Crippen molar-refractivity contribution in [3.63, 3.8) is 0 Å². The van der Waals surface area contributed by atoms with Crippen molar-refractivity contribution in [3.8, 4) is 0 Å². The van der Waals surface area contributed by atoms with E-state index in [0.29, 0.717) is 43.5 Å². The first kappa shape index (κ1) is 17.0. The number of rotatable bonds is 5. The summed E-state index contributed by atoms with van der Waals surface area (Å²) in [5.41, 5.74) is 1.36. The van der Waals surface area contributed by atoms with E-state index in [1.807, 2.05) is 0 Å². The second-order valence-corrected chi connectivity index (χ2v) is 5.86. The lowest BCUT2D eigenvalue weighted by atomic mass is 9.81. The summed E-state index contributed by atoms with van der Waals surface area (Å²) in [6.07, 6.45) is 2.73. The van der Waals surface area contributed by atoms with E-state index < -0.39 is 5.97 Å². The Kier molecular flexibility index (Phi) is 5.73. The van der Waals surface area contributed by atoms with Crippen LogP contribution in [0.4, 0.5) is 11.4 Å². The number of aliphatic carboxylic acids is 1. The molecule has 2 rings (SSSR count). The summed E-state index contributed by atoms with van der Waals surface area (Å²) in [7, 11) is 0. The van der Waals surface area contributed by atoms with Gasteiger partial charge in [-0.25, -0.2) is 0 Å². The van der Waals surface area contributed by atoms with Crippen molar-refractivity contribution in [3.05, 3.63) is 24.3 Å². The Morgan fingerprint density at radius 1 is 0.957 bits per heavy atom. The number of benzene rings is 1. The van der Waals surface area contributed by atoms with Crippen LogP contribution in [-0.2, 0) is 14.4 Å². The van der Waals surface area contributed by atoms with Gasteiger partial charge >= 0.3 is 5.97 Å². The molecular formula is C17H22N2O4. The molecule has 1 aliphatic carbocycles. The lowest BCUT2D eigenvalue weighted by Gasteiger charge is -2.25. The third kappa shape index (κ3) is 4.81. The van der Waals surface area contributed by atoms with Gasteiger partial charge in [0.15, 0.2) is 0 Å². The number of carbonyl (C=O) groups excluding carboxylic acids is 2. The highest BCUT2D eigenvalue weighted by molar-refractivity contribution is 5.94. The zero-order chi connectivity index (χ0) is 16.8. The number of anilines is 2. The summed E-state index contributed by atoms with van der Waals surface area (Å²) in [6, 6.07) is 6.97. The molecule has 1 aromatic rings. The monoisotopic (exact) mass is 318 g/mol. The van der Waals surface area contributed by atoms with Crippen LogP contribution in [0.15, 0.2) is 24.3 Å². The molecule has 0 unspecified atom stereocenters. The highest BCUT2D eigenvalue weighted by Crippen LogP contribution is 2.29. The molecule has 23 heavy (non-hydrogen) atoms. The van der Waals surface area contributed by atoms with E-state index in [2.05, 4.69) is 10.6 Å². The molecule has 1 saturated carbocycles. The van der Waals surface area contributed by atoms with Gasteiger partial charge in [-0.1, -0.05) is 6.92 Å². The van der Waals surface area contributed by atoms with Gasteiger partial charge in [0.1, 0.15) is 0 Å². The van der Waals surface area contributed by atoms with Gasteiger partial charge in [-0.05, 0) is 49.9 Å². The molecule has 0 saturated heterocycles. The molecule has 0 aliphatic heterocycles. The van der Waals surface area contributed by atoms with Crippen molar-refractivity contribution in [1.82, 2.24) is 0 Å². The van der Waals surface area contributed by atoms with Gasteiger partial charge in [0.25, 0.3) is 0 Å². The lowest BCUT2D eigenvalue weighted by molar-refractivity contribution is -0.143. The summed E-state index contributed by atoms with van der Waals surface area (Å²) >= 11 is 0. The fraction of sp³-hybridized carbons (Fsp3) is 0.471. The van der Waals surface area contributed by atoms with Crippen LogP contribution in [0.2, 0.25) is 0 Å². The first-order valence-electron chi connectivity index (χ1n) is 7.93. The van der Waals surface area contributed by atoms with Crippen molar-refractivity contribution in [2.24, 2.45) is 11.8 Å².